The second-order valence-electron chi connectivity index (χ2n) is 7.35. The monoisotopic (exact) mass is 457 g/mol. The first-order valence-electron chi connectivity index (χ1n) is 10.1. The van der Waals surface area contributed by atoms with Crippen molar-refractivity contribution in [1.82, 2.24) is 0 Å². The van der Waals surface area contributed by atoms with Crippen LogP contribution in [0.3, 0.4) is 0 Å². The maximum atomic E-state index is 10.7. The summed E-state index contributed by atoms with van der Waals surface area (Å²) in [6, 6.07) is 7.28. The lowest BCUT2D eigenvalue weighted by Gasteiger charge is -2.35. The van der Waals surface area contributed by atoms with Crippen molar-refractivity contribution in [3.63, 3.8) is 0 Å². The van der Waals surface area contributed by atoms with E-state index in [0.717, 1.165) is 6.07 Å². The van der Waals surface area contributed by atoms with Gasteiger partial charge in [0.1, 0.15) is 41.8 Å². The van der Waals surface area contributed by atoms with Gasteiger partial charge in [-0.3, -0.25) is 4.99 Å². The van der Waals surface area contributed by atoms with Gasteiger partial charge in [-0.05, 0) is 30.7 Å². The molecule has 3 unspecified atom stereocenters. The zero-order valence-corrected chi connectivity index (χ0v) is 18.6. The van der Waals surface area contributed by atoms with E-state index in [-0.39, 0.29) is 29.4 Å². The van der Waals surface area contributed by atoms with Crippen molar-refractivity contribution in [2.45, 2.75) is 25.2 Å². The van der Waals surface area contributed by atoms with Crippen molar-refractivity contribution >= 4 is 5.71 Å². The molecule has 3 rings (SSSR count). The molecule has 2 aromatic carbocycles. The fourth-order valence-corrected chi connectivity index (χ4v) is 3.37. The Bertz CT molecular complexity index is 1080. The maximum absolute atomic E-state index is 10.7. The number of fused-ring (bicyclic) bond motifs is 1. The van der Waals surface area contributed by atoms with Crippen molar-refractivity contribution in [2.24, 2.45) is 4.99 Å². The first kappa shape index (κ1) is 24.0. The number of aliphatic hydroxyl groups excluding tert-OH is 2. The Labute approximate surface area is 191 Å². The number of ether oxygens (including phenoxy) is 4. The van der Waals surface area contributed by atoms with E-state index in [4.69, 9.17) is 18.9 Å². The smallest absolute Gasteiger partial charge is 0.162 e. The lowest BCUT2D eigenvalue weighted by Crippen LogP contribution is -2.34. The van der Waals surface area contributed by atoms with E-state index >= 15 is 0 Å². The first-order valence-corrected chi connectivity index (χ1v) is 10.1. The van der Waals surface area contributed by atoms with Crippen LogP contribution >= 0.6 is 0 Å². The van der Waals surface area contributed by atoms with Crippen molar-refractivity contribution < 1.29 is 39.4 Å². The van der Waals surface area contributed by atoms with Crippen LogP contribution in [-0.4, -0.2) is 53.1 Å². The van der Waals surface area contributed by atoms with E-state index in [9.17, 15) is 20.4 Å². The highest BCUT2D eigenvalue weighted by molar-refractivity contribution is 5.84. The molecule has 0 saturated heterocycles. The summed E-state index contributed by atoms with van der Waals surface area (Å²) in [6.45, 7) is 5.55. The quantitative estimate of drug-likeness (QED) is 0.270. The molecule has 1 aliphatic heterocycles. The number of hydrogen-bond acceptors (Lipinski definition) is 9. The minimum atomic E-state index is -1.42. The fourth-order valence-electron chi connectivity index (χ4n) is 3.37. The van der Waals surface area contributed by atoms with Crippen LogP contribution < -0.4 is 14.2 Å². The standard InChI is InChI=1S/C24H27NO8/c1-5-16(30-3)11-25-13(2)12-32-19-8-14(6-7-18(19)31-4)24-23(29)22(28)21-17(27)9-15(26)10-20(21)33-24/h5-11,22-24,26-29H,1,12H2,2-4H3/b16-11+,25-13?. The molecular weight excluding hydrogens is 430 g/mol. The Balaban J connectivity index is 1.86. The molecule has 9 nitrogen and oxygen atoms in total. The minimum Gasteiger partial charge on any atom is -0.508 e. The molecule has 3 atom stereocenters. The zero-order valence-electron chi connectivity index (χ0n) is 18.6. The molecule has 9 heteroatoms. The van der Waals surface area contributed by atoms with Crippen LogP contribution in [0.15, 0.2) is 59.9 Å². The molecule has 2 aromatic rings. The molecule has 0 fully saturated rings. The van der Waals surface area contributed by atoms with Crippen molar-refractivity contribution in [2.75, 3.05) is 20.8 Å². The van der Waals surface area contributed by atoms with E-state index < -0.39 is 18.3 Å². The molecule has 0 aromatic heterocycles. The van der Waals surface area contributed by atoms with Gasteiger partial charge in [-0.25, -0.2) is 0 Å². The molecule has 0 bridgehead atoms. The number of aliphatic hydroxyl groups is 2. The summed E-state index contributed by atoms with van der Waals surface area (Å²) in [5, 5.41) is 41.1. The summed E-state index contributed by atoms with van der Waals surface area (Å²) in [4.78, 5) is 4.26. The maximum Gasteiger partial charge on any atom is 0.162 e. The van der Waals surface area contributed by atoms with Gasteiger partial charge >= 0.3 is 0 Å². The number of allylic oxidation sites excluding steroid dienone is 1. The third-order valence-corrected chi connectivity index (χ3v) is 5.09. The van der Waals surface area contributed by atoms with Crippen LogP contribution in [0.4, 0.5) is 0 Å². The average molecular weight is 457 g/mol. The number of aliphatic imine (C=N–C) groups is 1. The molecule has 0 spiro atoms. The Morgan fingerprint density at radius 1 is 1.15 bits per heavy atom. The normalized spacial score (nSPS) is 20.5. The summed E-state index contributed by atoms with van der Waals surface area (Å²) >= 11 is 0. The number of rotatable bonds is 8. The number of phenolic OH excluding ortho intramolecular Hbond substituents is 2. The van der Waals surface area contributed by atoms with Gasteiger partial charge in [0, 0.05) is 12.1 Å². The van der Waals surface area contributed by atoms with E-state index in [0.29, 0.717) is 28.5 Å². The van der Waals surface area contributed by atoms with Gasteiger partial charge in [-0.1, -0.05) is 12.6 Å². The number of benzene rings is 2. The van der Waals surface area contributed by atoms with Crippen LogP contribution in [0.2, 0.25) is 0 Å². The highest BCUT2D eigenvalue weighted by Gasteiger charge is 2.39. The summed E-state index contributed by atoms with van der Waals surface area (Å²) in [7, 11) is 3.02. The fraction of sp³-hybridized carbons (Fsp3) is 0.292. The molecule has 1 heterocycles. The van der Waals surface area contributed by atoms with Gasteiger partial charge < -0.3 is 39.4 Å². The largest absolute Gasteiger partial charge is 0.508 e. The Hall–Kier alpha value is -3.69. The molecule has 0 radical (unpaired) electrons. The second kappa shape index (κ2) is 10.3. The SMILES string of the molecule is C=C/C(=C\N=C(C)COc1cc(C2Oc3cc(O)cc(O)c3C(O)C2O)ccc1OC)OC. The summed E-state index contributed by atoms with van der Waals surface area (Å²) in [5.41, 5.74) is 1.16. The lowest BCUT2D eigenvalue weighted by molar-refractivity contribution is -0.0711. The number of methoxy groups -OCH3 is 2. The van der Waals surface area contributed by atoms with Crippen LogP contribution in [0.5, 0.6) is 28.7 Å². The highest BCUT2D eigenvalue weighted by atomic mass is 16.5. The number of aromatic hydroxyl groups is 2. The van der Waals surface area contributed by atoms with Gasteiger partial charge in [0.05, 0.1) is 31.7 Å². The van der Waals surface area contributed by atoms with Gasteiger partial charge in [0.2, 0.25) is 0 Å². The van der Waals surface area contributed by atoms with Gasteiger partial charge in [-0.2, -0.15) is 0 Å². The number of phenols is 2. The van der Waals surface area contributed by atoms with Crippen LogP contribution in [0.1, 0.15) is 30.3 Å². The van der Waals surface area contributed by atoms with E-state index in [1.807, 2.05) is 0 Å². The molecule has 33 heavy (non-hydrogen) atoms. The molecule has 176 valence electrons. The first-order chi connectivity index (χ1) is 15.8. The third-order valence-electron chi connectivity index (χ3n) is 5.09. The van der Waals surface area contributed by atoms with Crippen LogP contribution in [-0.2, 0) is 4.74 Å². The summed E-state index contributed by atoms with van der Waals surface area (Å²) in [5.74, 6) is 0.800. The minimum absolute atomic E-state index is 0.0105. The number of nitrogens with zero attached hydrogens (tertiary/aromatic N) is 1. The molecule has 1 aliphatic rings. The number of hydrogen-bond donors (Lipinski definition) is 4. The summed E-state index contributed by atoms with van der Waals surface area (Å²) < 4.78 is 22.1. The Morgan fingerprint density at radius 3 is 2.58 bits per heavy atom. The third kappa shape index (κ3) is 5.21. The van der Waals surface area contributed by atoms with Crippen molar-refractivity contribution in [1.29, 1.82) is 0 Å². The Morgan fingerprint density at radius 2 is 1.91 bits per heavy atom. The molecule has 0 amide bonds. The highest BCUT2D eigenvalue weighted by Crippen LogP contribution is 2.47. The predicted molar refractivity (Wildman–Crippen MR) is 121 cm³/mol. The average Bonchev–Trinajstić information content (AvgIpc) is 2.80. The molecule has 0 saturated carbocycles. The van der Waals surface area contributed by atoms with Gasteiger partial charge in [0.15, 0.2) is 17.6 Å². The summed E-state index contributed by atoms with van der Waals surface area (Å²) in [6.07, 6.45) is -0.738. The van der Waals surface area contributed by atoms with Gasteiger partial charge in [0.25, 0.3) is 0 Å². The van der Waals surface area contributed by atoms with Gasteiger partial charge in [-0.15, -0.1) is 0 Å². The second-order valence-corrected chi connectivity index (χ2v) is 7.35. The lowest BCUT2D eigenvalue weighted by atomic mass is 9.91. The topological polar surface area (TPSA) is 130 Å². The Kier molecular flexibility index (Phi) is 7.47. The predicted octanol–water partition coefficient (Wildman–Crippen LogP) is 3.15. The van der Waals surface area contributed by atoms with E-state index in [1.54, 1.807) is 25.1 Å². The van der Waals surface area contributed by atoms with Crippen LogP contribution in [0.25, 0.3) is 0 Å². The molecule has 4 N–H and O–H groups in total. The zero-order chi connectivity index (χ0) is 24.1. The van der Waals surface area contributed by atoms with Crippen molar-refractivity contribution in [3.8, 4) is 28.7 Å². The van der Waals surface area contributed by atoms with E-state index in [2.05, 4.69) is 11.6 Å². The van der Waals surface area contributed by atoms with Crippen LogP contribution in [0, 0.1) is 0 Å². The molecular formula is C24H27NO8. The molecule has 0 aliphatic carbocycles. The van der Waals surface area contributed by atoms with E-state index in [1.165, 1.54) is 32.6 Å². The van der Waals surface area contributed by atoms with Crippen molar-refractivity contribution in [3.05, 3.63) is 66.1 Å².